The average molecular weight is 436 g/mol. The number of carboxylic acid groups (broad SMARTS) is 1. The lowest BCUT2D eigenvalue weighted by molar-refractivity contribution is -0.137. The van der Waals surface area contributed by atoms with Crippen LogP contribution in [0.1, 0.15) is 50.5 Å². The molecule has 1 aromatic carbocycles. The van der Waals surface area contributed by atoms with E-state index in [1.807, 2.05) is 0 Å². The van der Waals surface area contributed by atoms with Crippen molar-refractivity contribution in [2.24, 2.45) is 5.92 Å². The zero-order valence-corrected chi connectivity index (χ0v) is 17.3. The van der Waals surface area contributed by atoms with Crippen molar-refractivity contribution < 1.29 is 27.8 Å². The number of carbonyl (C=O) groups is 1. The van der Waals surface area contributed by atoms with Gasteiger partial charge in [-0.2, -0.15) is 13.2 Å². The first-order chi connectivity index (χ1) is 14.8. The van der Waals surface area contributed by atoms with E-state index in [0.29, 0.717) is 17.3 Å². The molecule has 1 heterocycles. The van der Waals surface area contributed by atoms with Gasteiger partial charge in [-0.05, 0) is 55.0 Å². The first-order valence-corrected chi connectivity index (χ1v) is 10.6. The molecule has 0 bridgehead atoms. The van der Waals surface area contributed by atoms with E-state index >= 15 is 0 Å². The third kappa shape index (κ3) is 6.87. The van der Waals surface area contributed by atoms with Crippen molar-refractivity contribution >= 4 is 11.8 Å². The molecule has 1 saturated carbocycles. The number of hydrogen-bond donors (Lipinski definition) is 2. The molecule has 1 aromatic heterocycles. The fourth-order valence-corrected chi connectivity index (χ4v) is 3.81. The molecule has 0 atom stereocenters. The van der Waals surface area contributed by atoms with Crippen molar-refractivity contribution in [2.45, 2.75) is 51.1 Å². The van der Waals surface area contributed by atoms with E-state index in [1.54, 1.807) is 12.1 Å². The largest absolute Gasteiger partial charge is 0.494 e. The second-order valence-electron chi connectivity index (χ2n) is 7.87. The number of aliphatic carboxylic acids is 1. The van der Waals surface area contributed by atoms with E-state index in [1.165, 1.54) is 50.4 Å². The van der Waals surface area contributed by atoms with Gasteiger partial charge >= 0.3 is 12.1 Å². The maximum absolute atomic E-state index is 13.6. The Kier molecular flexibility index (Phi) is 7.76. The van der Waals surface area contributed by atoms with Crippen molar-refractivity contribution in [1.82, 2.24) is 4.98 Å². The van der Waals surface area contributed by atoms with Gasteiger partial charge in [-0.15, -0.1) is 0 Å². The fourth-order valence-electron chi connectivity index (χ4n) is 3.81. The van der Waals surface area contributed by atoms with Gasteiger partial charge in [0.2, 0.25) is 0 Å². The number of pyridine rings is 1. The molecule has 0 unspecified atom stereocenters. The summed E-state index contributed by atoms with van der Waals surface area (Å²) in [5.41, 5.74) is -0.419. The van der Waals surface area contributed by atoms with Crippen molar-refractivity contribution in [3.05, 3.63) is 42.1 Å². The van der Waals surface area contributed by atoms with Crippen LogP contribution in [-0.4, -0.2) is 29.2 Å². The minimum absolute atomic E-state index is 0.0247. The summed E-state index contributed by atoms with van der Waals surface area (Å²) >= 11 is 0. The average Bonchev–Trinajstić information content (AvgIpc) is 2.75. The summed E-state index contributed by atoms with van der Waals surface area (Å²) in [7, 11) is 0. The monoisotopic (exact) mass is 436 g/mol. The highest BCUT2D eigenvalue weighted by molar-refractivity contribution is 5.69. The van der Waals surface area contributed by atoms with Crippen LogP contribution in [0.2, 0.25) is 0 Å². The smallest absolute Gasteiger partial charge is 0.417 e. The van der Waals surface area contributed by atoms with Gasteiger partial charge in [-0.3, -0.25) is 4.79 Å². The Hall–Kier alpha value is -2.77. The van der Waals surface area contributed by atoms with E-state index < -0.39 is 17.7 Å². The van der Waals surface area contributed by atoms with Gasteiger partial charge in [0, 0.05) is 24.7 Å². The molecule has 0 radical (unpaired) electrons. The molecule has 31 heavy (non-hydrogen) atoms. The molecule has 2 N–H and O–H groups in total. The molecule has 1 fully saturated rings. The highest BCUT2D eigenvalue weighted by atomic mass is 19.4. The molecule has 1 aliphatic carbocycles. The summed E-state index contributed by atoms with van der Waals surface area (Å²) in [6, 6.07) is 7.11. The van der Waals surface area contributed by atoms with Crippen molar-refractivity contribution in [2.75, 3.05) is 18.5 Å². The van der Waals surface area contributed by atoms with E-state index in [2.05, 4.69) is 10.3 Å². The van der Waals surface area contributed by atoms with Crippen LogP contribution in [0.25, 0.3) is 11.1 Å². The number of hydrogen-bond acceptors (Lipinski definition) is 4. The number of rotatable bonds is 9. The number of anilines is 1. The summed E-state index contributed by atoms with van der Waals surface area (Å²) in [6.45, 7) is 0.861. The normalized spacial score (nSPS) is 14.9. The molecule has 0 aliphatic heterocycles. The lowest BCUT2D eigenvalue weighted by Gasteiger charge is -2.22. The van der Waals surface area contributed by atoms with Crippen LogP contribution >= 0.6 is 0 Å². The van der Waals surface area contributed by atoms with Gasteiger partial charge < -0.3 is 15.2 Å². The van der Waals surface area contributed by atoms with Crippen LogP contribution in [0.4, 0.5) is 19.0 Å². The summed E-state index contributed by atoms with van der Waals surface area (Å²) in [5, 5.41) is 11.9. The number of alkyl halides is 3. The van der Waals surface area contributed by atoms with Crippen molar-refractivity contribution in [3.63, 3.8) is 0 Å². The summed E-state index contributed by atoms with van der Waals surface area (Å²) < 4.78 is 46.2. The minimum atomic E-state index is -4.56. The second-order valence-corrected chi connectivity index (χ2v) is 7.87. The topological polar surface area (TPSA) is 71.5 Å². The van der Waals surface area contributed by atoms with Crippen LogP contribution in [0.3, 0.4) is 0 Å². The highest BCUT2D eigenvalue weighted by Crippen LogP contribution is 2.39. The first-order valence-electron chi connectivity index (χ1n) is 10.6. The van der Waals surface area contributed by atoms with Crippen LogP contribution in [0.15, 0.2) is 36.5 Å². The van der Waals surface area contributed by atoms with Gasteiger partial charge in [0.05, 0.1) is 12.2 Å². The number of aromatic nitrogens is 1. The lowest BCUT2D eigenvalue weighted by atomic mass is 9.89. The zero-order chi connectivity index (χ0) is 22.3. The summed E-state index contributed by atoms with van der Waals surface area (Å²) in [5.74, 6) is 0.357. The third-order valence-electron chi connectivity index (χ3n) is 5.47. The number of benzene rings is 1. The number of nitrogens with one attached hydrogen (secondary N) is 1. The molecular weight excluding hydrogens is 409 g/mol. The molecule has 3 rings (SSSR count). The van der Waals surface area contributed by atoms with E-state index in [-0.39, 0.29) is 30.8 Å². The Morgan fingerprint density at radius 2 is 1.94 bits per heavy atom. The van der Waals surface area contributed by atoms with E-state index in [9.17, 15) is 18.0 Å². The Bertz CT molecular complexity index is 863. The third-order valence-corrected chi connectivity index (χ3v) is 5.47. The van der Waals surface area contributed by atoms with E-state index in [0.717, 1.165) is 12.6 Å². The Labute approximate surface area is 179 Å². The maximum Gasteiger partial charge on any atom is 0.417 e. The molecule has 0 saturated heterocycles. The van der Waals surface area contributed by atoms with Crippen molar-refractivity contribution in [1.29, 1.82) is 0 Å². The van der Waals surface area contributed by atoms with Gasteiger partial charge in [0.15, 0.2) is 0 Å². The Morgan fingerprint density at radius 1 is 1.16 bits per heavy atom. The zero-order valence-electron chi connectivity index (χ0n) is 17.3. The van der Waals surface area contributed by atoms with Gasteiger partial charge in [-0.1, -0.05) is 25.3 Å². The SMILES string of the molecule is O=C(O)CCCOc1ccc(-c2ccc(NCC3CCCCC3)nc2)c(C(F)(F)F)c1. The van der Waals surface area contributed by atoms with Crippen LogP contribution < -0.4 is 10.1 Å². The summed E-state index contributed by atoms with van der Waals surface area (Å²) in [4.78, 5) is 14.8. The van der Waals surface area contributed by atoms with Gasteiger partial charge in [-0.25, -0.2) is 4.98 Å². The van der Waals surface area contributed by atoms with Crippen molar-refractivity contribution in [3.8, 4) is 16.9 Å². The van der Waals surface area contributed by atoms with Gasteiger partial charge in [0.25, 0.3) is 0 Å². The van der Waals surface area contributed by atoms with Crippen LogP contribution in [-0.2, 0) is 11.0 Å². The number of halogens is 3. The molecular formula is C23H27F3N2O3. The quantitative estimate of drug-likeness (QED) is 0.472. The van der Waals surface area contributed by atoms with Crippen LogP contribution in [0.5, 0.6) is 5.75 Å². The predicted molar refractivity (Wildman–Crippen MR) is 112 cm³/mol. The highest BCUT2D eigenvalue weighted by Gasteiger charge is 2.34. The summed E-state index contributed by atoms with van der Waals surface area (Å²) in [6.07, 6.45) is 3.19. The second kappa shape index (κ2) is 10.5. The van der Waals surface area contributed by atoms with E-state index in [4.69, 9.17) is 9.84 Å². The molecule has 8 heteroatoms. The number of nitrogens with zero attached hydrogens (tertiary/aromatic N) is 1. The standard InChI is InChI=1S/C23H27F3N2O3/c24-23(25,26)20-13-18(31-12-4-7-22(29)30)9-10-19(20)17-8-11-21(28-15-17)27-14-16-5-2-1-3-6-16/h8-11,13,15-16H,1-7,12,14H2,(H,27,28)(H,29,30). The molecule has 5 nitrogen and oxygen atoms in total. The first kappa shape index (κ1) is 22.9. The Morgan fingerprint density at radius 3 is 2.58 bits per heavy atom. The minimum Gasteiger partial charge on any atom is -0.494 e. The molecule has 168 valence electrons. The Balaban J connectivity index is 1.69. The molecule has 0 spiro atoms. The molecule has 1 aliphatic rings. The van der Waals surface area contributed by atoms with Crippen LogP contribution in [0, 0.1) is 5.92 Å². The fraction of sp³-hybridized carbons (Fsp3) is 0.478. The predicted octanol–water partition coefficient (Wildman–Crippen LogP) is 6.00. The number of carboxylic acids is 1. The number of ether oxygens (including phenoxy) is 1. The maximum atomic E-state index is 13.6. The molecule has 0 amide bonds. The van der Waals surface area contributed by atoms with Gasteiger partial charge in [0.1, 0.15) is 11.6 Å². The lowest BCUT2D eigenvalue weighted by Crippen LogP contribution is -2.17. The molecule has 2 aromatic rings.